The van der Waals surface area contributed by atoms with Crippen molar-refractivity contribution in [1.29, 1.82) is 0 Å². The molecule has 4 aliphatic heterocycles. The Hall–Kier alpha value is -4.59. The molecule has 1 atom stereocenters. The van der Waals surface area contributed by atoms with Crippen LogP contribution in [0, 0.1) is 0 Å². The van der Waals surface area contributed by atoms with Crippen LogP contribution in [0.2, 0.25) is 0 Å². The Bertz CT molecular complexity index is 1800. The third-order valence-electron chi connectivity index (χ3n) is 10.1. The van der Waals surface area contributed by atoms with Crippen molar-refractivity contribution in [2.24, 2.45) is 7.05 Å². The number of fused-ring (bicyclic) bond motifs is 1. The topological polar surface area (TPSA) is 132 Å². The second-order valence-corrected chi connectivity index (χ2v) is 13.4. The molecule has 2 N–H and O–H groups in total. The number of aliphatic hydroxyl groups is 1. The van der Waals surface area contributed by atoms with Crippen LogP contribution in [0.5, 0.6) is 0 Å². The molecule has 7 heterocycles. The number of nitrogens with zero attached hydrogens (tertiary/aromatic N) is 8. The van der Waals surface area contributed by atoms with Crippen LogP contribution in [0.4, 0.5) is 23.1 Å². The van der Waals surface area contributed by atoms with Gasteiger partial charge in [-0.05, 0) is 50.0 Å². The molecule has 3 aromatic heterocycles. The number of hydrogen-bond acceptors (Lipinski definition) is 11. The van der Waals surface area contributed by atoms with E-state index >= 15 is 0 Å². The fourth-order valence-electron chi connectivity index (χ4n) is 7.25. The van der Waals surface area contributed by atoms with Crippen LogP contribution in [-0.2, 0) is 23.2 Å². The number of anilines is 4. The van der Waals surface area contributed by atoms with Gasteiger partial charge < -0.3 is 29.5 Å². The molecule has 13 nitrogen and oxygen atoms in total. The predicted octanol–water partition coefficient (Wildman–Crippen LogP) is 3.05. The van der Waals surface area contributed by atoms with Gasteiger partial charge in [0, 0.05) is 75.9 Å². The molecule has 0 unspecified atom stereocenters. The molecule has 0 saturated carbocycles. The molecular formula is C36H45N9O4. The van der Waals surface area contributed by atoms with Gasteiger partial charge in [0.05, 0.1) is 38.3 Å². The Morgan fingerprint density at radius 2 is 1.90 bits per heavy atom. The molecule has 0 radical (unpaired) electrons. The highest BCUT2D eigenvalue weighted by atomic mass is 16.5. The summed E-state index contributed by atoms with van der Waals surface area (Å²) in [5.74, 6) is 1.51. The number of ether oxygens (including phenoxy) is 1. The van der Waals surface area contributed by atoms with Crippen molar-refractivity contribution in [3.63, 3.8) is 0 Å². The van der Waals surface area contributed by atoms with Gasteiger partial charge in [-0.2, -0.15) is 0 Å². The maximum Gasteiger partial charge on any atom is 0.275 e. The van der Waals surface area contributed by atoms with Crippen molar-refractivity contribution in [1.82, 2.24) is 29.3 Å². The number of pyridine rings is 2. The lowest BCUT2D eigenvalue weighted by Crippen LogP contribution is -2.59. The average molecular weight is 668 g/mol. The first-order valence-electron chi connectivity index (χ1n) is 17.2. The Morgan fingerprint density at radius 1 is 1.04 bits per heavy atom. The van der Waals surface area contributed by atoms with E-state index in [-0.39, 0.29) is 24.1 Å². The largest absolute Gasteiger partial charge is 0.392 e. The molecule has 3 saturated heterocycles. The number of carbonyl (C=O) groups excluding carboxylic acids is 1. The zero-order chi connectivity index (χ0) is 34.1. The van der Waals surface area contributed by atoms with E-state index in [1.807, 2.05) is 6.08 Å². The van der Waals surface area contributed by atoms with Gasteiger partial charge >= 0.3 is 0 Å². The van der Waals surface area contributed by atoms with Crippen LogP contribution in [0.15, 0.2) is 65.6 Å². The van der Waals surface area contributed by atoms with Gasteiger partial charge in [0.25, 0.3) is 11.5 Å². The Morgan fingerprint density at radius 3 is 2.63 bits per heavy atom. The number of amides is 1. The van der Waals surface area contributed by atoms with Crippen molar-refractivity contribution >= 4 is 29.0 Å². The van der Waals surface area contributed by atoms with Crippen LogP contribution < -0.4 is 20.7 Å². The summed E-state index contributed by atoms with van der Waals surface area (Å²) in [4.78, 5) is 49.6. The molecule has 13 heteroatoms. The normalized spacial score (nSPS) is 22.1. The predicted molar refractivity (Wildman–Crippen MR) is 189 cm³/mol. The summed E-state index contributed by atoms with van der Waals surface area (Å²) < 4.78 is 6.87. The molecule has 258 valence electrons. The van der Waals surface area contributed by atoms with Crippen molar-refractivity contribution in [3.05, 3.63) is 76.8 Å². The maximum atomic E-state index is 13.9. The van der Waals surface area contributed by atoms with E-state index in [0.29, 0.717) is 58.8 Å². The van der Waals surface area contributed by atoms with Gasteiger partial charge in [0.1, 0.15) is 28.8 Å². The lowest BCUT2D eigenvalue weighted by molar-refractivity contribution is -0.117. The Labute approximate surface area is 286 Å². The lowest BCUT2D eigenvalue weighted by Gasteiger charge is -2.46. The Balaban J connectivity index is 1.12. The summed E-state index contributed by atoms with van der Waals surface area (Å²) in [5, 5.41) is 13.8. The Kier molecular flexibility index (Phi) is 9.48. The minimum Gasteiger partial charge on any atom is -0.392 e. The van der Waals surface area contributed by atoms with Gasteiger partial charge in [-0.15, -0.1) is 0 Å². The molecule has 4 aliphatic rings. The van der Waals surface area contributed by atoms with E-state index < -0.39 is 0 Å². The maximum absolute atomic E-state index is 13.9. The van der Waals surface area contributed by atoms with E-state index in [0.717, 1.165) is 76.5 Å². The van der Waals surface area contributed by atoms with Gasteiger partial charge in [-0.25, -0.2) is 15.0 Å². The number of aromatic nitrogens is 4. The van der Waals surface area contributed by atoms with E-state index in [2.05, 4.69) is 48.5 Å². The second kappa shape index (κ2) is 14.1. The summed E-state index contributed by atoms with van der Waals surface area (Å²) in [5.41, 5.74) is 3.52. The van der Waals surface area contributed by atoms with E-state index in [1.54, 1.807) is 48.9 Å². The smallest absolute Gasteiger partial charge is 0.275 e. The summed E-state index contributed by atoms with van der Waals surface area (Å²) >= 11 is 0. The summed E-state index contributed by atoms with van der Waals surface area (Å²) in [7, 11) is 1.68. The first-order chi connectivity index (χ1) is 23.8. The minimum atomic E-state index is -0.336. The molecule has 49 heavy (non-hydrogen) atoms. The lowest BCUT2D eigenvalue weighted by atomic mass is 10.0. The molecule has 0 bridgehead atoms. The third-order valence-corrected chi connectivity index (χ3v) is 10.1. The second-order valence-electron chi connectivity index (χ2n) is 13.4. The summed E-state index contributed by atoms with van der Waals surface area (Å²) in [6.07, 6.45) is 12.7. The van der Waals surface area contributed by atoms with Crippen LogP contribution in [0.1, 0.15) is 38.2 Å². The molecular weight excluding hydrogens is 622 g/mol. The molecule has 0 aliphatic carbocycles. The standard InChI is InChI=1S/C36H45N9O4/c1-24-7-5-4-6-10-42-11-14-45(36(48)31(42)15-24)34-29(21-46)28(8-9-37-34)26-16-30(35(47)41(3)20-26)40-32-17-39-33(18-38-32)44-13-12-43(19-25(44)2)27-22-49-23-27/h8-9,15-18,20,25,27,46H,1,4-7,10-14,19,21-23H2,2-3H3,(H,38,40)/b31-15-/t25-/m0/s1. The van der Waals surface area contributed by atoms with Crippen LogP contribution >= 0.6 is 0 Å². The van der Waals surface area contributed by atoms with Gasteiger partial charge in [0.15, 0.2) is 0 Å². The van der Waals surface area contributed by atoms with Crippen LogP contribution in [0.25, 0.3) is 11.1 Å². The van der Waals surface area contributed by atoms with Gasteiger partial charge in [0.2, 0.25) is 0 Å². The van der Waals surface area contributed by atoms with Gasteiger partial charge in [-0.3, -0.25) is 19.4 Å². The summed E-state index contributed by atoms with van der Waals surface area (Å²) in [6.45, 7) is 12.4. The molecule has 1 amide bonds. The first kappa shape index (κ1) is 32.9. The third kappa shape index (κ3) is 6.70. The molecule has 7 rings (SSSR count). The summed E-state index contributed by atoms with van der Waals surface area (Å²) in [6, 6.07) is 4.34. The molecule has 0 aromatic carbocycles. The van der Waals surface area contributed by atoms with Crippen LogP contribution in [-0.4, -0.2) is 105 Å². The van der Waals surface area contributed by atoms with Gasteiger partial charge in [-0.1, -0.05) is 18.6 Å². The first-order valence-corrected chi connectivity index (χ1v) is 17.2. The zero-order valence-electron chi connectivity index (χ0n) is 28.3. The minimum absolute atomic E-state index is 0.150. The number of aliphatic hydroxyl groups excluding tert-OH is 1. The van der Waals surface area contributed by atoms with Crippen molar-refractivity contribution in [3.8, 4) is 11.1 Å². The van der Waals surface area contributed by atoms with E-state index in [4.69, 9.17) is 4.74 Å². The van der Waals surface area contributed by atoms with E-state index in [9.17, 15) is 14.7 Å². The highest BCUT2D eigenvalue weighted by Gasteiger charge is 2.34. The molecule has 3 fully saturated rings. The number of aryl methyl sites for hydroxylation is 1. The average Bonchev–Trinajstić information content (AvgIpc) is 3.16. The number of rotatable bonds is 7. The highest BCUT2D eigenvalue weighted by molar-refractivity contribution is 6.06. The molecule has 0 spiro atoms. The van der Waals surface area contributed by atoms with Crippen molar-refractivity contribution in [2.75, 3.05) is 67.6 Å². The number of nitrogens with one attached hydrogen (secondary N) is 1. The van der Waals surface area contributed by atoms with Crippen molar-refractivity contribution < 1.29 is 14.6 Å². The monoisotopic (exact) mass is 667 g/mol. The van der Waals surface area contributed by atoms with Crippen LogP contribution in [0.3, 0.4) is 0 Å². The fraction of sp³-hybridized carbons (Fsp3) is 0.472. The number of hydrogen-bond donors (Lipinski definition) is 2. The number of allylic oxidation sites excluding steroid dienone is 2. The fourth-order valence-corrected chi connectivity index (χ4v) is 7.25. The number of piperazine rings is 2. The highest BCUT2D eigenvalue weighted by Crippen LogP contribution is 2.33. The SMILES string of the molecule is C=C1/C=C2/C(=O)N(c3nccc(-c4cc(Nc5cnc(N6CCN(C7COC7)C[C@@H]6C)cn5)c(=O)n(C)c4)c3CO)CCN2CCCCC1. The molecule has 3 aromatic rings. The van der Waals surface area contributed by atoms with Crippen molar-refractivity contribution in [2.45, 2.75) is 51.3 Å². The quantitative estimate of drug-likeness (QED) is 0.386. The van der Waals surface area contributed by atoms with E-state index in [1.165, 1.54) is 4.57 Å². The number of carbonyl (C=O) groups is 1. The zero-order valence-corrected chi connectivity index (χ0v) is 28.3.